The fourth-order valence-electron chi connectivity index (χ4n) is 1.09. The van der Waals surface area contributed by atoms with Gasteiger partial charge in [0.1, 0.15) is 11.3 Å². The monoisotopic (exact) mass is 240 g/mol. The van der Waals surface area contributed by atoms with Crippen LogP contribution in [0.5, 0.6) is 5.75 Å². The Morgan fingerprint density at radius 1 is 1.38 bits per heavy atom. The zero-order chi connectivity index (χ0) is 9.42. The molecule has 0 saturated heterocycles. The smallest absolute Gasteiger partial charge is 0.192 e. The highest BCUT2D eigenvalue weighted by molar-refractivity contribution is 9.10. The highest BCUT2D eigenvalue weighted by atomic mass is 79.9. The molecular weight excluding hydrogens is 236 g/mol. The highest BCUT2D eigenvalue weighted by Crippen LogP contribution is 2.27. The van der Waals surface area contributed by atoms with E-state index in [0.29, 0.717) is 15.4 Å². The molecule has 0 spiro atoms. The SMILES string of the molecule is O=c1ccoc2cc(O)c(Br)cc12. The van der Waals surface area contributed by atoms with Gasteiger partial charge in [-0.1, -0.05) is 0 Å². The van der Waals surface area contributed by atoms with E-state index >= 15 is 0 Å². The summed E-state index contributed by atoms with van der Waals surface area (Å²) >= 11 is 3.12. The van der Waals surface area contributed by atoms with Crippen molar-refractivity contribution in [2.45, 2.75) is 0 Å². The van der Waals surface area contributed by atoms with Crippen LogP contribution in [0.15, 0.2) is 38.1 Å². The number of phenols is 1. The summed E-state index contributed by atoms with van der Waals surface area (Å²) in [5.74, 6) is 0.0573. The average molecular weight is 241 g/mol. The number of benzene rings is 1. The standard InChI is InChI=1S/C9H5BrO3/c10-6-3-5-7(11)1-2-13-9(5)4-8(6)12/h1-4,12H. The summed E-state index contributed by atoms with van der Waals surface area (Å²) in [4.78, 5) is 11.3. The van der Waals surface area contributed by atoms with E-state index in [1.807, 2.05) is 0 Å². The van der Waals surface area contributed by atoms with Gasteiger partial charge in [-0.25, -0.2) is 0 Å². The number of phenolic OH excluding ortho intramolecular Hbond substituents is 1. The molecule has 1 aromatic carbocycles. The third kappa shape index (κ3) is 1.33. The van der Waals surface area contributed by atoms with Crippen molar-refractivity contribution < 1.29 is 9.52 Å². The molecule has 1 heterocycles. The number of hydrogen-bond donors (Lipinski definition) is 1. The van der Waals surface area contributed by atoms with Gasteiger partial charge in [0.25, 0.3) is 0 Å². The lowest BCUT2D eigenvalue weighted by Gasteiger charge is -1.98. The molecule has 0 atom stereocenters. The summed E-state index contributed by atoms with van der Waals surface area (Å²) in [6.45, 7) is 0. The molecule has 1 N–H and O–H groups in total. The molecule has 0 radical (unpaired) electrons. The maximum Gasteiger partial charge on any atom is 0.192 e. The molecule has 0 bridgehead atoms. The molecule has 0 saturated carbocycles. The van der Waals surface area contributed by atoms with E-state index in [1.54, 1.807) is 0 Å². The number of fused-ring (bicyclic) bond motifs is 1. The van der Waals surface area contributed by atoms with Crippen molar-refractivity contribution in [1.29, 1.82) is 0 Å². The van der Waals surface area contributed by atoms with Gasteiger partial charge in [-0.05, 0) is 22.0 Å². The lowest BCUT2D eigenvalue weighted by Crippen LogP contribution is -1.97. The fourth-order valence-corrected chi connectivity index (χ4v) is 1.44. The van der Waals surface area contributed by atoms with E-state index in [-0.39, 0.29) is 11.2 Å². The Balaban J connectivity index is 2.97. The zero-order valence-electron chi connectivity index (χ0n) is 6.45. The van der Waals surface area contributed by atoms with Gasteiger partial charge >= 0.3 is 0 Å². The molecule has 0 aliphatic rings. The predicted molar refractivity (Wildman–Crippen MR) is 51.8 cm³/mol. The Labute approximate surface area is 81.7 Å². The maximum atomic E-state index is 11.3. The number of hydrogen-bond acceptors (Lipinski definition) is 3. The number of halogens is 1. The number of rotatable bonds is 0. The maximum absolute atomic E-state index is 11.3. The second-order valence-electron chi connectivity index (χ2n) is 2.58. The first-order valence-corrected chi connectivity index (χ1v) is 4.38. The lowest BCUT2D eigenvalue weighted by atomic mass is 10.2. The van der Waals surface area contributed by atoms with Crippen molar-refractivity contribution in [2.75, 3.05) is 0 Å². The molecule has 0 aliphatic heterocycles. The van der Waals surface area contributed by atoms with Crippen LogP contribution in [0, 0.1) is 0 Å². The molecule has 3 nitrogen and oxygen atoms in total. The van der Waals surface area contributed by atoms with E-state index in [4.69, 9.17) is 4.42 Å². The highest BCUT2D eigenvalue weighted by Gasteiger charge is 2.04. The van der Waals surface area contributed by atoms with Gasteiger partial charge in [0, 0.05) is 12.1 Å². The van der Waals surface area contributed by atoms with Crippen molar-refractivity contribution >= 4 is 26.9 Å². The molecule has 2 rings (SSSR count). The molecule has 0 aliphatic carbocycles. The summed E-state index contributed by atoms with van der Waals surface area (Å²) in [5, 5.41) is 9.75. The van der Waals surface area contributed by atoms with Crippen LogP contribution < -0.4 is 5.43 Å². The van der Waals surface area contributed by atoms with Crippen LogP contribution in [0.4, 0.5) is 0 Å². The van der Waals surface area contributed by atoms with Gasteiger partial charge < -0.3 is 9.52 Å². The van der Waals surface area contributed by atoms with E-state index < -0.39 is 0 Å². The molecule has 0 fully saturated rings. The summed E-state index contributed by atoms with van der Waals surface area (Å²) < 4.78 is 5.53. The first kappa shape index (κ1) is 8.31. The fraction of sp³-hybridized carbons (Fsp3) is 0. The van der Waals surface area contributed by atoms with Gasteiger partial charge in [0.15, 0.2) is 5.43 Å². The Morgan fingerprint density at radius 2 is 2.15 bits per heavy atom. The van der Waals surface area contributed by atoms with Crippen LogP contribution in [-0.2, 0) is 0 Å². The topological polar surface area (TPSA) is 50.4 Å². The summed E-state index contributed by atoms with van der Waals surface area (Å²) in [7, 11) is 0. The largest absolute Gasteiger partial charge is 0.507 e. The third-order valence-electron chi connectivity index (χ3n) is 1.73. The molecular formula is C9H5BrO3. The second kappa shape index (κ2) is 2.88. The molecule has 1 aromatic heterocycles. The lowest BCUT2D eigenvalue weighted by molar-refractivity contribution is 0.470. The van der Waals surface area contributed by atoms with Crippen LogP contribution >= 0.6 is 15.9 Å². The van der Waals surface area contributed by atoms with E-state index in [1.165, 1.54) is 24.5 Å². The summed E-state index contributed by atoms with van der Waals surface area (Å²) in [6.07, 6.45) is 1.30. The molecule has 0 amide bonds. The van der Waals surface area contributed by atoms with Gasteiger partial charge in [-0.15, -0.1) is 0 Å². The van der Waals surface area contributed by atoms with Gasteiger partial charge in [-0.2, -0.15) is 0 Å². The minimum absolute atomic E-state index is 0.0573. The Hall–Kier alpha value is -1.29. The van der Waals surface area contributed by atoms with Gasteiger partial charge in [-0.3, -0.25) is 4.79 Å². The van der Waals surface area contributed by atoms with Crippen LogP contribution in [-0.4, -0.2) is 5.11 Å². The van der Waals surface area contributed by atoms with Crippen molar-refractivity contribution in [3.05, 3.63) is 39.2 Å². The third-order valence-corrected chi connectivity index (χ3v) is 2.36. The first-order chi connectivity index (χ1) is 6.18. The average Bonchev–Trinajstić information content (AvgIpc) is 2.09. The molecule has 2 aromatic rings. The first-order valence-electron chi connectivity index (χ1n) is 3.58. The van der Waals surface area contributed by atoms with Crippen molar-refractivity contribution in [3.8, 4) is 5.75 Å². The van der Waals surface area contributed by atoms with Crippen LogP contribution in [0.3, 0.4) is 0 Å². The van der Waals surface area contributed by atoms with Gasteiger partial charge in [0.2, 0.25) is 0 Å². The van der Waals surface area contributed by atoms with Crippen LogP contribution in [0.1, 0.15) is 0 Å². The van der Waals surface area contributed by atoms with E-state index in [9.17, 15) is 9.90 Å². The predicted octanol–water partition coefficient (Wildman–Crippen LogP) is 2.26. The van der Waals surface area contributed by atoms with E-state index in [0.717, 1.165) is 0 Å². The normalized spacial score (nSPS) is 10.5. The molecule has 13 heavy (non-hydrogen) atoms. The second-order valence-corrected chi connectivity index (χ2v) is 3.44. The number of aromatic hydroxyl groups is 1. The minimum atomic E-state index is -0.123. The van der Waals surface area contributed by atoms with Crippen LogP contribution in [0.25, 0.3) is 11.0 Å². The Kier molecular flexibility index (Phi) is 1.84. The van der Waals surface area contributed by atoms with E-state index in [2.05, 4.69) is 15.9 Å². The van der Waals surface area contributed by atoms with Crippen molar-refractivity contribution in [2.24, 2.45) is 0 Å². The molecule has 66 valence electrons. The molecule has 4 heteroatoms. The zero-order valence-corrected chi connectivity index (χ0v) is 8.04. The molecule has 0 unspecified atom stereocenters. The summed E-state index contributed by atoms with van der Waals surface area (Å²) in [5.41, 5.74) is 0.259. The van der Waals surface area contributed by atoms with Gasteiger partial charge in [0.05, 0.1) is 16.1 Å². The van der Waals surface area contributed by atoms with Crippen molar-refractivity contribution in [1.82, 2.24) is 0 Å². The minimum Gasteiger partial charge on any atom is -0.507 e. The Morgan fingerprint density at radius 3 is 2.92 bits per heavy atom. The quantitative estimate of drug-likeness (QED) is 0.769. The van der Waals surface area contributed by atoms with Crippen molar-refractivity contribution in [3.63, 3.8) is 0 Å². The summed E-state index contributed by atoms with van der Waals surface area (Å²) in [6, 6.07) is 4.28. The Bertz CT molecular complexity index is 516. The van der Waals surface area contributed by atoms with Crippen LogP contribution in [0.2, 0.25) is 0 Å².